The molecule has 0 aromatic heterocycles. The van der Waals surface area contributed by atoms with Gasteiger partial charge in [0.2, 0.25) is 5.91 Å². The van der Waals surface area contributed by atoms with Crippen molar-refractivity contribution in [3.63, 3.8) is 0 Å². The van der Waals surface area contributed by atoms with Crippen molar-refractivity contribution in [1.29, 1.82) is 0 Å². The van der Waals surface area contributed by atoms with E-state index in [-0.39, 0.29) is 11.3 Å². The fraction of sp³-hybridized carbons (Fsp3) is 0.130. The van der Waals surface area contributed by atoms with Crippen LogP contribution in [0.3, 0.4) is 0 Å². The fourth-order valence-corrected chi connectivity index (χ4v) is 3.74. The summed E-state index contributed by atoms with van der Waals surface area (Å²) in [6.07, 6.45) is -4.81. The average molecular weight is 446 g/mol. The Labute approximate surface area is 179 Å². The molecule has 4 nitrogen and oxygen atoms in total. The number of alkyl halides is 3. The molecular weight excluding hydrogens is 431 g/mol. The highest BCUT2D eigenvalue weighted by atomic mass is 19.4. The van der Waals surface area contributed by atoms with Gasteiger partial charge in [-0.3, -0.25) is 9.59 Å². The molecule has 0 saturated carbocycles. The highest BCUT2D eigenvalue weighted by Gasteiger charge is 2.39. The smallest absolute Gasteiger partial charge is 0.324 e. The van der Waals surface area contributed by atoms with Gasteiger partial charge in [-0.25, -0.2) is 8.78 Å². The first-order chi connectivity index (χ1) is 15.1. The predicted molar refractivity (Wildman–Crippen MR) is 106 cm³/mol. The van der Waals surface area contributed by atoms with Gasteiger partial charge in [0.1, 0.15) is 18.2 Å². The van der Waals surface area contributed by atoms with Gasteiger partial charge in [0.25, 0.3) is 5.91 Å². The summed E-state index contributed by atoms with van der Waals surface area (Å²) < 4.78 is 68.3. The maximum absolute atomic E-state index is 14.1. The standard InChI is InChI=1S/C23H15F5N2O2/c24-14-7-5-13(6-8-14)21-17-11-15(25)9-10-19(17)29-20(31)12-30(21)22(32)16-3-1-2-4-18(16)23(26,27)28/h1-11,21H,12H2,(H,29,31)/t21-/m0/s1. The van der Waals surface area contributed by atoms with E-state index >= 15 is 0 Å². The molecule has 0 aliphatic carbocycles. The van der Waals surface area contributed by atoms with Crippen molar-refractivity contribution < 1.29 is 31.5 Å². The van der Waals surface area contributed by atoms with Gasteiger partial charge >= 0.3 is 6.18 Å². The van der Waals surface area contributed by atoms with Crippen LogP contribution in [0.1, 0.15) is 33.1 Å². The number of anilines is 1. The monoisotopic (exact) mass is 446 g/mol. The lowest BCUT2D eigenvalue weighted by atomic mass is 9.94. The average Bonchev–Trinajstić information content (AvgIpc) is 2.89. The van der Waals surface area contributed by atoms with Crippen molar-refractivity contribution in [1.82, 2.24) is 4.90 Å². The van der Waals surface area contributed by atoms with E-state index in [1.807, 2.05) is 0 Å². The topological polar surface area (TPSA) is 49.4 Å². The minimum Gasteiger partial charge on any atom is -0.324 e. The summed E-state index contributed by atoms with van der Waals surface area (Å²) >= 11 is 0. The SMILES string of the molecule is O=C1CN(C(=O)c2ccccc2C(F)(F)F)[C@@H](c2ccc(F)cc2)c2cc(F)ccc2N1. The molecule has 0 saturated heterocycles. The minimum atomic E-state index is -4.81. The van der Waals surface area contributed by atoms with Crippen molar-refractivity contribution in [2.75, 3.05) is 11.9 Å². The lowest BCUT2D eigenvalue weighted by molar-refractivity contribution is -0.138. The molecule has 0 unspecified atom stereocenters. The minimum absolute atomic E-state index is 0.153. The third-order valence-electron chi connectivity index (χ3n) is 5.12. The number of carbonyl (C=O) groups excluding carboxylic acids is 2. The highest BCUT2D eigenvalue weighted by molar-refractivity contribution is 6.02. The fourth-order valence-electron chi connectivity index (χ4n) is 3.74. The van der Waals surface area contributed by atoms with Crippen molar-refractivity contribution >= 4 is 17.5 Å². The number of amides is 2. The quantitative estimate of drug-likeness (QED) is 0.553. The normalized spacial score (nSPS) is 16.2. The number of nitrogens with zero attached hydrogens (tertiary/aromatic N) is 1. The van der Waals surface area contributed by atoms with Crippen molar-refractivity contribution in [2.24, 2.45) is 0 Å². The van der Waals surface area contributed by atoms with Crippen molar-refractivity contribution in [3.8, 4) is 0 Å². The molecule has 3 aromatic carbocycles. The van der Waals surface area contributed by atoms with Crippen LogP contribution in [0.2, 0.25) is 0 Å². The van der Waals surface area contributed by atoms with Crippen LogP contribution in [0.4, 0.5) is 27.6 Å². The Hall–Kier alpha value is -3.75. The van der Waals surface area contributed by atoms with E-state index in [9.17, 15) is 31.5 Å². The number of halogens is 5. The summed E-state index contributed by atoms with van der Waals surface area (Å²) in [5, 5.41) is 2.55. The molecule has 3 aromatic rings. The van der Waals surface area contributed by atoms with Gasteiger partial charge in [-0.2, -0.15) is 13.2 Å². The summed E-state index contributed by atoms with van der Waals surface area (Å²) in [7, 11) is 0. The van der Waals surface area contributed by atoms with Crippen LogP contribution in [0, 0.1) is 11.6 Å². The number of carbonyl (C=O) groups is 2. The zero-order valence-electron chi connectivity index (χ0n) is 16.3. The van der Waals surface area contributed by atoms with E-state index in [0.717, 1.165) is 47.4 Å². The molecule has 9 heteroatoms. The second kappa shape index (κ2) is 8.07. The first kappa shape index (κ1) is 21.5. The van der Waals surface area contributed by atoms with E-state index < -0.39 is 53.3 Å². The summed E-state index contributed by atoms with van der Waals surface area (Å²) in [6.45, 7) is -0.594. The lowest BCUT2D eigenvalue weighted by Gasteiger charge is -2.31. The Balaban J connectivity index is 1.92. The van der Waals surface area contributed by atoms with Gasteiger partial charge in [0.15, 0.2) is 0 Å². The molecule has 164 valence electrons. The first-order valence-corrected chi connectivity index (χ1v) is 9.47. The third-order valence-corrected chi connectivity index (χ3v) is 5.12. The summed E-state index contributed by atoms with van der Waals surface area (Å²) in [5.41, 5.74) is -1.16. The zero-order chi connectivity index (χ0) is 23.0. The molecule has 1 heterocycles. The molecule has 1 aliphatic heterocycles. The molecule has 0 radical (unpaired) electrons. The van der Waals surface area contributed by atoms with Crippen LogP contribution in [0.5, 0.6) is 0 Å². The van der Waals surface area contributed by atoms with E-state index in [4.69, 9.17) is 0 Å². The molecule has 2 amide bonds. The van der Waals surface area contributed by atoms with Gasteiger partial charge in [-0.05, 0) is 48.0 Å². The number of hydrogen-bond donors (Lipinski definition) is 1. The Morgan fingerprint density at radius 1 is 0.938 bits per heavy atom. The number of nitrogens with one attached hydrogen (secondary N) is 1. The van der Waals surface area contributed by atoms with E-state index in [1.54, 1.807) is 0 Å². The van der Waals surface area contributed by atoms with Crippen LogP contribution >= 0.6 is 0 Å². The number of benzene rings is 3. The molecule has 0 fully saturated rings. The van der Waals surface area contributed by atoms with Crippen LogP contribution in [-0.4, -0.2) is 23.3 Å². The molecule has 1 N–H and O–H groups in total. The van der Waals surface area contributed by atoms with E-state index in [1.165, 1.54) is 24.3 Å². The Bertz CT molecular complexity index is 1190. The third kappa shape index (κ3) is 4.05. The van der Waals surface area contributed by atoms with Crippen LogP contribution in [0.15, 0.2) is 66.7 Å². The van der Waals surface area contributed by atoms with Gasteiger partial charge in [0.05, 0.1) is 17.2 Å². The Morgan fingerprint density at radius 2 is 1.59 bits per heavy atom. The Morgan fingerprint density at radius 3 is 2.28 bits per heavy atom. The lowest BCUT2D eigenvalue weighted by Crippen LogP contribution is -2.39. The molecule has 1 atom stereocenters. The molecule has 0 spiro atoms. The summed E-state index contributed by atoms with van der Waals surface area (Å²) in [4.78, 5) is 26.8. The van der Waals surface area contributed by atoms with E-state index in [2.05, 4.69) is 5.32 Å². The van der Waals surface area contributed by atoms with Crippen LogP contribution < -0.4 is 5.32 Å². The Kier molecular flexibility index (Phi) is 5.41. The van der Waals surface area contributed by atoms with Gasteiger partial charge < -0.3 is 10.2 Å². The molecule has 1 aliphatic rings. The zero-order valence-corrected chi connectivity index (χ0v) is 16.3. The van der Waals surface area contributed by atoms with Gasteiger partial charge in [-0.1, -0.05) is 24.3 Å². The number of hydrogen-bond acceptors (Lipinski definition) is 2. The van der Waals surface area contributed by atoms with Crippen LogP contribution in [-0.2, 0) is 11.0 Å². The van der Waals surface area contributed by atoms with Crippen LogP contribution in [0.25, 0.3) is 0 Å². The number of rotatable bonds is 2. The van der Waals surface area contributed by atoms with Gasteiger partial charge in [0, 0.05) is 11.3 Å². The molecule has 4 rings (SSSR count). The second-order valence-electron chi connectivity index (χ2n) is 7.21. The van der Waals surface area contributed by atoms with Crippen molar-refractivity contribution in [2.45, 2.75) is 12.2 Å². The maximum Gasteiger partial charge on any atom is 0.417 e. The summed E-state index contributed by atoms with van der Waals surface area (Å²) in [6, 6.07) is 11.5. The maximum atomic E-state index is 14.1. The molecule has 0 bridgehead atoms. The largest absolute Gasteiger partial charge is 0.417 e. The van der Waals surface area contributed by atoms with Crippen molar-refractivity contribution in [3.05, 3.63) is 101 Å². The molecular formula is C23H15F5N2O2. The highest BCUT2D eigenvalue weighted by Crippen LogP contribution is 2.39. The number of fused-ring (bicyclic) bond motifs is 1. The molecule has 32 heavy (non-hydrogen) atoms. The first-order valence-electron chi connectivity index (χ1n) is 9.47. The second-order valence-corrected chi connectivity index (χ2v) is 7.21. The van der Waals surface area contributed by atoms with Gasteiger partial charge in [-0.15, -0.1) is 0 Å². The predicted octanol–water partition coefficient (Wildman–Crippen LogP) is 5.17. The van der Waals surface area contributed by atoms with E-state index in [0.29, 0.717) is 5.56 Å². The summed E-state index contributed by atoms with van der Waals surface area (Å²) in [5.74, 6) is -2.98.